The minimum absolute atomic E-state index is 0.0823. The summed E-state index contributed by atoms with van der Waals surface area (Å²) >= 11 is 0. The lowest BCUT2D eigenvalue weighted by Gasteiger charge is -2.24. The molecule has 0 bridgehead atoms. The second-order valence-corrected chi connectivity index (χ2v) is 6.73. The molecule has 2 heterocycles. The maximum absolute atomic E-state index is 12.9. The van der Waals surface area contributed by atoms with Crippen molar-refractivity contribution in [1.82, 2.24) is 24.8 Å². The molecule has 3 rings (SSSR count). The van der Waals surface area contributed by atoms with Crippen LogP contribution in [0.15, 0.2) is 49.2 Å². The van der Waals surface area contributed by atoms with E-state index in [1.165, 1.54) is 6.92 Å². The van der Waals surface area contributed by atoms with Crippen LogP contribution in [-0.4, -0.2) is 50.9 Å². The Morgan fingerprint density at radius 2 is 2.15 bits per heavy atom. The van der Waals surface area contributed by atoms with Gasteiger partial charge in [0.1, 0.15) is 6.04 Å². The maximum Gasteiger partial charge on any atom is 0.245 e. The predicted molar refractivity (Wildman–Crippen MR) is 104 cm³/mol. The number of rotatable bonds is 8. The second-order valence-electron chi connectivity index (χ2n) is 6.73. The van der Waals surface area contributed by atoms with Crippen molar-refractivity contribution in [2.75, 3.05) is 13.6 Å². The lowest BCUT2D eigenvalue weighted by Crippen LogP contribution is -2.48. The van der Waals surface area contributed by atoms with Crippen LogP contribution in [0.4, 0.5) is 0 Å². The van der Waals surface area contributed by atoms with Gasteiger partial charge in [0.05, 0.1) is 6.33 Å². The molecule has 0 unspecified atom stereocenters. The molecule has 142 valence electrons. The van der Waals surface area contributed by atoms with Gasteiger partial charge in [-0.2, -0.15) is 0 Å². The minimum Gasteiger partial charge on any atom is -0.361 e. The first kappa shape index (κ1) is 18.7. The van der Waals surface area contributed by atoms with Gasteiger partial charge in [-0.25, -0.2) is 4.98 Å². The summed E-state index contributed by atoms with van der Waals surface area (Å²) in [5.41, 5.74) is 2.04. The van der Waals surface area contributed by atoms with Crippen molar-refractivity contribution in [2.45, 2.75) is 32.4 Å². The van der Waals surface area contributed by atoms with E-state index in [-0.39, 0.29) is 11.8 Å². The molecule has 0 spiro atoms. The van der Waals surface area contributed by atoms with Gasteiger partial charge in [-0.3, -0.25) is 9.59 Å². The number of H-pyrrole nitrogens is 1. The molecule has 7 nitrogen and oxygen atoms in total. The Morgan fingerprint density at radius 3 is 2.89 bits per heavy atom. The Labute approximate surface area is 158 Å². The first-order valence-corrected chi connectivity index (χ1v) is 9.07. The Hall–Kier alpha value is -3.09. The van der Waals surface area contributed by atoms with Crippen LogP contribution >= 0.6 is 0 Å². The number of benzene rings is 1. The largest absolute Gasteiger partial charge is 0.361 e. The molecular weight excluding hydrogens is 342 g/mol. The SMILES string of the molecule is CC(=O)N[C@H](Cc1c[nH]c2ccccc12)C(=O)N(C)CCCn1ccnc1. The van der Waals surface area contributed by atoms with E-state index in [0.29, 0.717) is 13.0 Å². The van der Waals surface area contributed by atoms with Gasteiger partial charge in [0.25, 0.3) is 0 Å². The Bertz CT molecular complexity index is 900. The number of nitrogens with one attached hydrogen (secondary N) is 2. The topological polar surface area (TPSA) is 83.0 Å². The summed E-state index contributed by atoms with van der Waals surface area (Å²) in [6.07, 6.45) is 8.58. The molecule has 1 aromatic carbocycles. The molecule has 7 heteroatoms. The van der Waals surface area contributed by atoms with E-state index < -0.39 is 6.04 Å². The monoisotopic (exact) mass is 367 g/mol. The highest BCUT2D eigenvalue weighted by Gasteiger charge is 2.24. The summed E-state index contributed by atoms with van der Waals surface area (Å²) < 4.78 is 1.98. The van der Waals surface area contributed by atoms with Crippen molar-refractivity contribution in [1.29, 1.82) is 0 Å². The van der Waals surface area contributed by atoms with Gasteiger partial charge < -0.3 is 19.8 Å². The number of aromatic amines is 1. The molecule has 0 aliphatic carbocycles. The smallest absolute Gasteiger partial charge is 0.245 e. The Kier molecular flexibility index (Phi) is 5.90. The zero-order valence-electron chi connectivity index (χ0n) is 15.7. The molecule has 0 saturated heterocycles. The highest BCUT2D eigenvalue weighted by molar-refractivity contribution is 5.89. The lowest BCUT2D eigenvalue weighted by molar-refractivity contribution is -0.135. The van der Waals surface area contributed by atoms with E-state index in [2.05, 4.69) is 15.3 Å². The molecular formula is C20H25N5O2. The number of hydrogen-bond acceptors (Lipinski definition) is 3. The van der Waals surface area contributed by atoms with Crippen LogP contribution in [0.1, 0.15) is 18.9 Å². The van der Waals surface area contributed by atoms with Crippen LogP contribution < -0.4 is 5.32 Å². The molecule has 0 radical (unpaired) electrons. The third kappa shape index (κ3) is 4.75. The second kappa shape index (κ2) is 8.53. The normalized spacial score (nSPS) is 12.1. The van der Waals surface area contributed by atoms with Crippen molar-refractivity contribution in [2.24, 2.45) is 0 Å². The summed E-state index contributed by atoms with van der Waals surface area (Å²) in [5, 5.41) is 3.88. The summed E-state index contributed by atoms with van der Waals surface area (Å²) in [5.74, 6) is -0.291. The van der Waals surface area contributed by atoms with Crippen molar-refractivity contribution in [3.8, 4) is 0 Å². The third-order valence-electron chi connectivity index (χ3n) is 4.62. The quantitative estimate of drug-likeness (QED) is 0.638. The van der Waals surface area contributed by atoms with Gasteiger partial charge in [0, 0.05) is 63.0 Å². The molecule has 0 aliphatic rings. The van der Waals surface area contributed by atoms with Gasteiger partial charge in [-0.15, -0.1) is 0 Å². The standard InChI is InChI=1S/C20H25N5O2/c1-15(26)23-19(12-16-13-22-18-7-4-3-6-17(16)18)20(27)24(2)9-5-10-25-11-8-21-14-25/h3-4,6-8,11,13-14,19,22H,5,9-10,12H2,1-2H3,(H,23,26)/t19-/m1/s1. The fraction of sp³-hybridized carbons (Fsp3) is 0.350. The molecule has 0 fully saturated rings. The number of likely N-dealkylation sites (N-methyl/N-ethyl adjacent to an activating group) is 1. The van der Waals surface area contributed by atoms with E-state index in [4.69, 9.17) is 0 Å². The number of carbonyl (C=O) groups is 2. The fourth-order valence-corrected chi connectivity index (χ4v) is 3.25. The van der Waals surface area contributed by atoms with Gasteiger partial charge in [-0.05, 0) is 18.1 Å². The molecule has 2 N–H and O–H groups in total. The van der Waals surface area contributed by atoms with E-state index >= 15 is 0 Å². The highest BCUT2D eigenvalue weighted by Crippen LogP contribution is 2.19. The summed E-state index contributed by atoms with van der Waals surface area (Å²) in [4.78, 5) is 33.5. The van der Waals surface area contributed by atoms with Gasteiger partial charge in [0.2, 0.25) is 11.8 Å². The first-order valence-electron chi connectivity index (χ1n) is 9.07. The molecule has 3 aromatic rings. The van der Waals surface area contributed by atoms with Crippen molar-refractivity contribution < 1.29 is 9.59 Å². The number of aromatic nitrogens is 3. The molecule has 2 amide bonds. The zero-order chi connectivity index (χ0) is 19.2. The first-order chi connectivity index (χ1) is 13.0. The zero-order valence-corrected chi connectivity index (χ0v) is 15.7. The van der Waals surface area contributed by atoms with E-state index in [1.807, 2.05) is 41.2 Å². The number of nitrogens with zero attached hydrogens (tertiary/aromatic N) is 3. The number of aryl methyl sites for hydroxylation is 1. The van der Waals surface area contributed by atoms with E-state index in [1.54, 1.807) is 24.5 Å². The van der Waals surface area contributed by atoms with Crippen molar-refractivity contribution in [3.63, 3.8) is 0 Å². The van der Waals surface area contributed by atoms with Gasteiger partial charge in [-0.1, -0.05) is 18.2 Å². The van der Waals surface area contributed by atoms with Gasteiger partial charge >= 0.3 is 0 Å². The molecule has 1 atom stereocenters. The Morgan fingerprint density at radius 1 is 1.33 bits per heavy atom. The number of para-hydroxylation sites is 1. The van der Waals surface area contributed by atoms with Crippen LogP contribution in [0, 0.1) is 0 Å². The van der Waals surface area contributed by atoms with Crippen LogP contribution in [0.3, 0.4) is 0 Å². The average Bonchev–Trinajstić information content (AvgIpc) is 3.30. The number of fused-ring (bicyclic) bond motifs is 1. The molecule has 2 aromatic heterocycles. The molecule has 27 heavy (non-hydrogen) atoms. The lowest BCUT2D eigenvalue weighted by atomic mass is 10.0. The Balaban J connectivity index is 1.65. The van der Waals surface area contributed by atoms with Gasteiger partial charge in [0.15, 0.2) is 0 Å². The predicted octanol–water partition coefficient (Wildman–Crippen LogP) is 1.96. The summed E-state index contributed by atoms with van der Waals surface area (Å²) in [6.45, 7) is 2.85. The van der Waals surface area contributed by atoms with Crippen LogP contribution in [-0.2, 0) is 22.6 Å². The number of carbonyl (C=O) groups excluding carboxylic acids is 2. The van der Waals surface area contributed by atoms with Crippen molar-refractivity contribution >= 4 is 22.7 Å². The summed E-state index contributed by atoms with van der Waals surface area (Å²) in [7, 11) is 1.78. The van der Waals surface area contributed by atoms with Crippen LogP contribution in [0.25, 0.3) is 10.9 Å². The maximum atomic E-state index is 12.9. The molecule has 0 saturated carbocycles. The average molecular weight is 367 g/mol. The van der Waals surface area contributed by atoms with Crippen molar-refractivity contribution in [3.05, 3.63) is 54.7 Å². The van der Waals surface area contributed by atoms with E-state index in [9.17, 15) is 9.59 Å². The van der Waals surface area contributed by atoms with E-state index in [0.717, 1.165) is 29.4 Å². The number of imidazole rings is 1. The third-order valence-corrected chi connectivity index (χ3v) is 4.62. The highest BCUT2D eigenvalue weighted by atomic mass is 16.2. The molecule has 0 aliphatic heterocycles. The number of hydrogen-bond donors (Lipinski definition) is 2. The summed E-state index contributed by atoms with van der Waals surface area (Å²) in [6, 6.07) is 7.37. The fourth-order valence-electron chi connectivity index (χ4n) is 3.25. The van der Waals surface area contributed by atoms with Crippen LogP contribution in [0.2, 0.25) is 0 Å². The number of amides is 2. The van der Waals surface area contributed by atoms with Crippen LogP contribution in [0.5, 0.6) is 0 Å². The minimum atomic E-state index is -0.583.